The highest BCUT2D eigenvalue weighted by molar-refractivity contribution is 5.94. The van der Waals surface area contributed by atoms with Gasteiger partial charge in [-0.15, -0.1) is 0 Å². The summed E-state index contributed by atoms with van der Waals surface area (Å²) in [6, 6.07) is 5.37. The summed E-state index contributed by atoms with van der Waals surface area (Å²) < 4.78 is 39.7. The van der Waals surface area contributed by atoms with Crippen LogP contribution in [0.5, 0.6) is 0 Å². The zero-order valence-corrected chi connectivity index (χ0v) is 15.9. The molecule has 1 aliphatic carbocycles. The van der Waals surface area contributed by atoms with Crippen LogP contribution in [0.2, 0.25) is 0 Å². The van der Waals surface area contributed by atoms with Crippen LogP contribution in [0, 0.1) is 5.41 Å². The standard InChI is InChI=1S/C19H23F3N6/c1-18(2,3)28-15-6-4-5-14(12(15)9-23)26-17-24-10-13(19(20,21)22)16(27-17)25-11-7-8-11/h4-6,9-11,23,28H,7-8H2,1-3H3,(H2,24,25,26,27). The number of halogens is 3. The van der Waals surface area contributed by atoms with Gasteiger partial charge in [-0.2, -0.15) is 18.2 Å². The first-order valence-electron chi connectivity index (χ1n) is 8.96. The number of hydrogen-bond acceptors (Lipinski definition) is 6. The molecule has 0 bridgehead atoms. The third-order valence-corrected chi connectivity index (χ3v) is 4.02. The van der Waals surface area contributed by atoms with Gasteiger partial charge < -0.3 is 21.4 Å². The van der Waals surface area contributed by atoms with Gasteiger partial charge in [0.15, 0.2) is 0 Å². The second-order valence-electron chi connectivity index (χ2n) is 7.78. The van der Waals surface area contributed by atoms with E-state index in [9.17, 15) is 13.2 Å². The molecule has 9 heteroatoms. The Morgan fingerprint density at radius 1 is 1.14 bits per heavy atom. The van der Waals surface area contributed by atoms with Gasteiger partial charge in [-0.25, -0.2) is 4.98 Å². The fraction of sp³-hybridized carbons (Fsp3) is 0.421. The first-order valence-corrected chi connectivity index (χ1v) is 8.96. The lowest BCUT2D eigenvalue weighted by Crippen LogP contribution is -2.26. The second kappa shape index (κ2) is 7.29. The van der Waals surface area contributed by atoms with Crippen LogP contribution in [0.25, 0.3) is 0 Å². The van der Waals surface area contributed by atoms with Gasteiger partial charge in [0, 0.05) is 35.2 Å². The van der Waals surface area contributed by atoms with E-state index in [0.717, 1.165) is 24.7 Å². The molecular weight excluding hydrogens is 369 g/mol. The zero-order chi connectivity index (χ0) is 20.5. The Balaban J connectivity index is 1.93. The second-order valence-corrected chi connectivity index (χ2v) is 7.78. The van der Waals surface area contributed by atoms with Crippen molar-refractivity contribution in [1.29, 1.82) is 5.41 Å². The Hall–Kier alpha value is -2.84. The fourth-order valence-corrected chi connectivity index (χ4v) is 2.64. The Labute approximate surface area is 161 Å². The minimum Gasteiger partial charge on any atom is -0.380 e. The number of hydrogen-bond donors (Lipinski definition) is 4. The molecule has 2 aromatic rings. The average molecular weight is 392 g/mol. The molecule has 1 heterocycles. The molecular formula is C19H23F3N6. The molecule has 0 saturated heterocycles. The van der Waals surface area contributed by atoms with E-state index < -0.39 is 11.7 Å². The molecule has 6 nitrogen and oxygen atoms in total. The maximum Gasteiger partial charge on any atom is 0.421 e. The van der Waals surface area contributed by atoms with Crippen LogP contribution >= 0.6 is 0 Å². The summed E-state index contributed by atoms with van der Waals surface area (Å²) in [6.07, 6.45) is -0.928. The van der Waals surface area contributed by atoms with Crippen molar-refractivity contribution in [1.82, 2.24) is 9.97 Å². The highest BCUT2D eigenvalue weighted by Crippen LogP contribution is 2.36. The van der Waals surface area contributed by atoms with Crippen molar-refractivity contribution in [3.05, 3.63) is 35.5 Å². The Bertz CT molecular complexity index is 869. The molecule has 0 spiro atoms. The molecule has 0 atom stereocenters. The summed E-state index contributed by atoms with van der Waals surface area (Å²) in [7, 11) is 0. The van der Waals surface area contributed by atoms with Crippen LogP contribution in [-0.2, 0) is 6.18 Å². The first kappa shape index (κ1) is 19.9. The van der Waals surface area contributed by atoms with Gasteiger partial charge >= 0.3 is 6.18 Å². The van der Waals surface area contributed by atoms with Crippen LogP contribution in [0.1, 0.15) is 44.7 Å². The minimum atomic E-state index is -4.54. The SMILES string of the molecule is CC(C)(C)Nc1cccc(Nc2ncc(C(F)(F)F)c(NC3CC3)n2)c1C=N. The monoisotopic (exact) mass is 392 g/mol. The van der Waals surface area contributed by atoms with Gasteiger partial charge in [-0.1, -0.05) is 6.07 Å². The summed E-state index contributed by atoms with van der Waals surface area (Å²) in [6.45, 7) is 5.99. The van der Waals surface area contributed by atoms with Crippen molar-refractivity contribution in [2.24, 2.45) is 0 Å². The number of alkyl halides is 3. The van der Waals surface area contributed by atoms with Crippen molar-refractivity contribution in [2.45, 2.75) is 51.4 Å². The Morgan fingerprint density at radius 3 is 2.39 bits per heavy atom. The molecule has 150 valence electrons. The van der Waals surface area contributed by atoms with Crippen molar-refractivity contribution in [3.63, 3.8) is 0 Å². The van der Waals surface area contributed by atoms with E-state index in [1.807, 2.05) is 26.8 Å². The number of nitrogens with zero attached hydrogens (tertiary/aromatic N) is 2. The zero-order valence-electron chi connectivity index (χ0n) is 15.9. The maximum absolute atomic E-state index is 13.2. The number of aromatic nitrogens is 2. The quantitative estimate of drug-likeness (QED) is 0.519. The molecule has 0 aliphatic heterocycles. The molecule has 1 aromatic carbocycles. The molecule has 1 aliphatic rings. The van der Waals surface area contributed by atoms with Gasteiger partial charge in [0.25, 0.3) is 0 Å². The van der Waals surface area contributed by atoms with Crippen molar-refractivity contribution in [3.8, 4) is 0 Å². The summed E-state index contributed by atoms with van der Waals surface area (Å²) in [5.74, 6) is -0.194. The van der Waals surface area contributed by atoms with Crippen LogP contribution in [-0.4, -0.2) is 27.8 Å². The molecule has 4 N–H and O–H groups in total. The highest BCUT2D eigenvalue weighted by atomic mass is 19.4. The lowest BCUT2D eigenvalue weighted by atomic mass is 10.1. The van der Waals surface area contributed by atoms with E-state index in [0.29, 0.717) is 11.3 Å². The summed E-state index contributed by atoms with van der Waals surface area (Å²) in [5.41, 5.74) is 0.720. The molecule has 3 rings (SSSR count). The number of benzene rings is 1. The number of anilines is 4. The van der Waals surface area contributed by atoms with Gasteiger partial charge in [0.1, 0.15) is 11.4 Å². The minimum absolute atomic E-state index is 0.0142. The fourth-order valence-electron chi connectivity index (χ4n) is 2.64. The van der Waals surface area contributed by atoms with Crippen LogP contribution in [0.15, 0.2) is 24.4 Å². The summed E-state index contributed by atoms with van der Waals surface area (Å²) in [5, 5.41) is 16.8. The van der Waals surface area contributed by atoms with Gasteiger partial charge in [-0.05, 0) is 45.7 Å². The molecule has 28 heavy (non-hydrogen) atoms. The van der Waals surface area contributed by atoms with Crippen LogP contribution < -0.4 is 16.0 Å². The first-order chi connectivity index (χ1) is 13.1. The molecule has 0 amide bonds. The number of nitrogens with one attached hydrogen (secondary N) is 4. The van der Waals surface area contributed by atoms with Gasteiger partial charge in [0.05, 0.1) is 5.69 Å². The molecule has 0 radical (unpaired) electrons. The molecule has 1 fully saturated rings. The van der Waals surface area contributed by atoms with Crippen molar-refractivity contribution in [2.75, 3.05) is 16.0 Å². The third kappa shape index (κ3) is 4.90. The topological polar surface area (TPSA) is 85.7 Å². The smallest absolute Gasteiger partial charge is 0.380 e. The number of rotatable bonds is 6. The molecule has 0 unspecified atom stereocenters. The Morgan fingerprint density at radius 2 is 1.82 bits per heavy atom. The maximum atomic E-state index is 13.2. The van der Waals surface area contributed by atoms with Crippen molar-refractivity contribution >= 4 is 29.4 Å². The van der Waals surface area contributed by atoms with Gasteiger partial charge in [0.2, 0.25) is 5.95 Å². The predicted molar refractivity (Wildman–Crippen MR) is 105 cm³/mol. The highest BCUT2D eigenvalue weighted by Gasteiger charge is 2.37. The van der Waals surface area contributed by atoms with E-state index in [-0.39, 0.29) is 23.3 Å². The van der Waals surface area contributed by atoms with Crippen LogP contribution in [0.3, 0.4) is 0 Å². The van der Waals surface area contributed by atoms with E-state index in [4.69, 9.17) is 5.41 Å². The lowest BCUT2D eigenvalue weighted by Gasteiger charge is -2.24. The molecule has 1 saturated carbocycles. The summed E-state index contributed by atoms with van der Waals surface area (Å²) in [4.78, 5) is 7.88. The Kier molecular flexibility index (Phi) is 5.18. The largest absolute Gasteiger partial charge is 0.421 e. The normalized spacial score (nSPS) is 14.5. The van der Waals surface area contributed by atoms with E-state index in [1.165, 1.54) is 6.21 Å². The van der Waals surface area contributed by atoms with Crippen LogP contribution in [0.4, 0.5) is 36.3 Å². The van der Waals surface area contributed by atoms with E-state index in [1.54, 1.807) is 12.1 Å². The summed E-state index contributed by atoms with van der Waals surface area (Å²) >= 11 is 0. The van der Waals surface area contributed by atoms with E-state index >= 15 is 0 Å². The average Bonchev–Trinajstić information content (AvgIpc) is 3.37. The lowest BCUT2D eigenvalue weighted by molar-refractivity contribution is -0.137. The van der Waals surface area contributed by atoms with E-state index in [2.05, 4.69) is 25.9 Å². The predicted octanol–water partition coefficient (Wildman–Crippen LogP) is 5.02. The third-order valence-electron chi connectivity index (χ3n) is 4.02. The van der Waals surface area contributed by atoms with Gasteiger partial charge in [-0.3, -0.25) is 0 Å². The van der Waals surface area contributed by atoms with Crippen molar-refractivity contribution < 1.29 is 13.2 Å². The molecule has 1 aromatic heterocycles.